The number of hydrogen-bond donors (Lipinski definition) is 0. The molecule has 2 aromatic carbocycles. The molecule has 0 N–H and O–H groups in total. The Hall–Kier alpha value is -3.02. The Morgan fingerprint density at radius 3 is 2.48 bits per heavy atom. The fraction of sp³-hybridized carbons (Fsp3) is 0.333. The second kappa shape index (κ2) is 7.31. The van der Waals surface area contributed by atoms with Crippen molar-refractivity contribution in [2.45, 2.75) is 12.5 Å². The molecule has 1 atom stereocenters. The van der Waals surface area contributed by atoms with E-state index in [1.54, 1.807) is 35.1 Å². The van der Waals surface area contributed by atoms with Crippen molar-refractivity contribution < 1.29 is 19.1 Å². The Morgan fingerprint density at radius 1 is 1.00 bits per heavy atom. The van der Waals surface area contributed by atoms with Crippen molar-refractivity contribution in [3.8, 4) is 11.5 Å². The van der Waals surface area contributed by atoms with E-state index in [2.05, 4.69) is 0 Å². The molecule has 2 aliphatic rings. The first-order chi connectivity index (χ1) is 13.2. The first-order valence-corrected chi connectivity index (χ1v) is 9.12. The molecule has 6 nitrogen and oxygen atoms in total. The van der Waals surface area contributed by atoms with Crippen LogP contribution in [0.3, 0.4) is 0 Å². The Labute approximate surface area is 158 Å². The van der Waals surface area contributed by atoms with Gasteiger partial charge < -0.3 is 19.3 Å². The van der Waals surface area contributed by atoms with Gasteiger partial charge in [-0.1, -0.05) is 24.3 Å². The quantitative estimate of drug-likeness (QED) is 0.834. The molecule has 0 spiro atoms. The maximum Gasteiger partial charge on any atom is 0.264 e. The highest BCUT2D eigenvalue weighted by atomic mass is 16.5. The summed E-state index contributed by atoms with van der Waals surface area (Å²) in [6.07, 6.45) is 0.154. The van der Waals surface area contributed by atoms with E-state index >= 15 is 0 Å². The number of amides is 2. The molecule has 0 bridgehead atoms. The third kappa shape index (κ3) is 3.47. The SMILES string of the molecule is COc1cccc(C(=O)N2CCN(C(=O)C3Cc4ccccc4O3)CC2)c1. The zero-order chi connectivity index (χ0) is 18.8. The standard InChI is InChI=1S/C21H22N2O4/c1-26-17-7-4-6-16(13-17)20(24)22-9-11-23(12-10-22)21(25)19-14-15-5-2-3-8-18(15)27-19/h2-8,13,19H,9-12,14H2,1H3. The molecule has 0 aromatic heterocycles. The lowest BCUT2D eigenvalue weighted by Crippen LogP contribution is -2.53. The monoisotopic (exact) mass is 366 g/mol. The molecule has 2 aliphatic heterocycles. The van der Waals surface area contributed by atoms with Crippen molar-refractivity contribution in [3.05, 3.63) is 59.7 Å². The topological polar surface area (TPSA) is 59.1 Å². The molecule has 1 unspecified atom stereocenters. The minimum Gasteiger partial charge on any atom is -0.497 e. The van der Waals surface area contributed by atoms with Gasteiger partial charge in [0, 0.05) is 38.2 Å². The van der Waals surface area contributed by atoms with Crippen LogP contribution in [0.4, 0.5) is 0 Å². The molecule has 6 heteroatoms. The fourth-order valence-electron chi connectivity index (χ4n) is 3.59. The first-order valence-electron chi connectivity index (χ1n) is 9.12. The summed E-state index contributed by atoms with van der Waals surface area (Å²) in [6.45, 7) is 2.07. The zero-order valence-corrected chi connectivity index (χ0v) is 15.3. The lowest BCUT2D eigenvalue weighted by Gasteiger charge is -2.35. The van der Waals surface area contributed by atoms with Gasteiger partial charge in [-0.3, -0.25) is 9.59 Å². The zero-order valence-electron chi connectivity index (χ0n) is 15.3. The molecule has 1 fully saturated rings. The Morgan fingerprint density at radius 2 is 1.74 bits per heavy atom. The predicted molar refractivity (Wildman–Crippen MR) is 100 cm³/mol. The van der Waals surface area contributed by atoms with Gasteiger partial charge in [0.05, 0.1) is 7.11 Å². The number of hydrogen-bond acceptors (Lipinski definition) is 4. The summed E-state index contributed by atoms with van der Waals surface area (Å²) in [5, 5.41) is 0. The largest absolute Gasteiger partial charge is 0.497 e. The third-order valence-corrected chi connectivity index (χ3v) is 5.12. The average Bonchev–Trinajstić information content (AvgIpc) is 3.17. The Kier molecular flexibility index (Phi) is 4.71. The van der Waals surface area contributed by atoms with Crippen LogP contribution >= 0.6 is 0 Å². The summed E-state index contributed by atoms with van der Waals surface area (Å²) in [6, 6.07) is 14.9. The number of para-hydroxylation sites is 1. The van der Waals surface area contributed by atoms with Crippen molar-refractivity contribution in [1.82, 2.24) is 9.80 Å². The average molecular weight is 366 g/mol. The highest BCUT2D eigenvalue weighted by Crippen LogP contribution is 2.29. The van der Waals surface area contributed by atoms with E-state index in [0.717, 1.165) is 11.3 Å². The van der Waals surface area contributed by atoms with E-state index in [4.69, 9.17) is 9.47 Å². The van der Waals surface area contributed by atoms with Gasteiger partial charge in [-0.05, 0) is 29.8 Å². The van der Waals surface area contributed by atoms with Crippen molar-refractivity contribution in [2.75, 3.05) is 33.3 Å². The molecule has 0 saturated carbocycles. The Balaban J connectivity index is 1.35. The van der Waals surface area contributed by atoms with Crippen molar-refractivity contribution in [1.29, 1.82) is 0 Å². The van der Waals surface area contributed by atoms with E-state index in [1.807, 2.05) is 30.3 Å². The molecule has 140 valence electrons. The summed E-state index contributed by atoms with van der Waals surface area (Å²) >= 11 is 0. The highest BCUT2D eigenvalue weighted by Gasteiger charge is 2.34. The minimum atomic E-state index is -0.456. The molecule has 27 heavy (non-hydrogen) atoms. The smallest absolute Gasteiger partial charge is 0.264 e. The van der Waals surface area contributed by atoms with Crippen LogP contribution in [0.15, 0.2) is 48.5 Å². The molecule has 2 aromatic rings. The summed E-state index contributed by atoms with van der Waals surface area (Å²) in [4.78, 5) is 29.0. The summed E-state index contributed by atoms with van der Waals surface area (Å²) in [5.41, 5.74) is 1.67. The number of methoxy groups -OCH3 is 1. The van der Waals surface area contributed by atoms with Gasteiger partial charge in [0.1, 0.15) is 11.5 Å². The van der Waals surface area contributed by atoms with Gasteiger partial charge in [0.15, 0.2) is 6.10 Å². The van der Waals surface area contributed by atoms with Crippen LogP contribution in [-0.4, -0.2) is 61.0 Å². The minimum absolute atomic E-state index is 0.000297. The van der Waals surface area contributed by atoms with Crippen molar-refractivity contribution in [2.24, 2.45) is 0 Å². The summed E-state index contributed by atoms with van der Waals surface area (Å²) < 4.78 is 11.0. The van der Waals surface area contributed by atoms with Gasteiger partial charge >= 0.3 is 0 Å². The predicted octanol–water partition coefficient (Wildman–Crippen LogP) is 1.98. The van der Waals surface area contributed by atoms with Crippen LogP contribution in [0.1, 0.15) is 15.9 Å². The van der Waals surface area contributed by atoms with Crippen LogP contribution in [0.5, 0.6) is 11.5 Å². The second-order valence-corrected chi connectivity index (χ2v) is 6.77. The van der Waals surface area contributed by atoms with Crippen molar-refractivity contribution >= 4 is 11.8 Å². The van der Waals surface area contributed by atoms with Gasteiger partial charge in [-0.2, -0.15) is 0 Å². The number of ether oxygens (including phenoxy) is 2. The van der Waals surface area contributed by atoms with Gasteiger partial charge in [0.2, 0.25) is 0 Å². The van der Waals surface area contributed by atoms with E-state index < -0.39 is 6.10 Å². The van der Waals surface area contributed by atoms with E-state index in [9.17, 15) is 9.59 Å². The molecule has 2 amide bonds. The molecule has 0 aliphatic carbocycles. The third-order valence-electron chi connectivity index (χ3n) is 5.12. The number of benzene rings is 2. The summed E-state index contributed by atoms with van der Waals surface area (Å²) in [5.74, 6) is 1.42. The van der Waals surface area contributed by atoms with Gasteiger partial charge in [0.25, 0.3) is 11.8 Å². The molecule has 0 radical (unpaired) electrons. The summed E-state index contributed by atoms with van der Waals surface area (Å²) in [7, 11) is 1.58. The lowest BCUT2D eigenvalue weighted by molar-refractivity contribution is -0.139. The normalized spacial score (nSPS) is 18.6. The highest BCUT2D eigenvalue weighted by molar-refractivity contribution is 5.95. The Bertz CT molecular complexity index is 834. The number of nitrogens with zero attached hydrogens (tertiary/aromatic N) is 2. The van der Waals surface area contributed by atoms with Crippen LogP contribution in [0.25, 0.3) is 0 Å². The second-order valence-electron chi connectivity index (χ2n) is 6.77. The van der Waals surface area contributed by atoms with Gasteiger partial charge in [-0.25, -0.2) is 0 Å². The number of carbonyl (C=O) groups is 2. The van der Waals surface area contributed by atoms with E-state index in [-0.39, 0.29) is 11.8 Å². The maximum atomic E-state index is 12.8. The molecular weight excluding hydrogens is 344 g/mol. The first kappa shape index (κ1) is 17.4. The number of rotatable bonds is 3. The number of fused-ring (bicyclic) bond motifs is 1. The maximum absolute atomic E-state index is 12.8. The van der Waals surface area contributed by atoms with Crippen molar-refractivity contribution in [3.63, 3.8) is 0 Å². The van der Waals surface area contributed by atoms with Crippen LogP contribution < -0.4 is 9.47 Å². The molecule has 1 saturated heterocycles. The fourth-order valence-corrected chi connectivity index (χ4v) is 3.59. The molecular formula is C21H22N2O4. The van der Waals surface area contributed by atoms with E-state index in [1.165, 1.54) is 0 Å². The van der Waals surface area contributed by atoms with Crippen LogP contribution in [0.2, 0.25) is 0 Å². The number of piperazine rings is 1. The molecule has 4 rings (SSSR count). The van der Waals surface area contributed by atoms with Crippen LogP contribution in [-0.2, 0) is 11.2 Å². The number of carbonyl (C=O) groups excluding carboxylic acids is 2. The van der Waals surface area contributed by atoms with E-state index in [0.29, 0.717) is 43.9 Å². The van der Waals surface area contributed by atoms with Gasteiger partial charge in [-0.15, -0.1) is 0 Å². The van der Waals surface area contributed by atoms with Crippen LogP contribution in [0, 0.1) is 0 Å². The molecule has 2 heterocycles. The lowest BCUT2D eigenvalue weighted by atomic mass is 10.1.